The number of rotatable bonds is 4. The lowest BCUT2D eigenvalue weighted by molar-refractivity contribution is -0.0112. The van der Waals surface area contributed by atoms with Gasteiger partial charge in [0.05, 0.1) is 19.3 Å². The zero-order chi connectivity index (χ0) is 14.8. The van der Waals surface area contributed by atoms with Crippen molar-refractivity contribution in [3.63, 3.8) is 0 Å². The van der Waals surface area contributed by atoms with E-state index < -0.39 is 5.60 Å². The minimum absolute atomic E-state index is 0.167. The van der Waals surface area contributed by atoms with Crippen molar-refractivity contribution >= 4 is 6.09 Å². The van der Waals surface area contributed by atoms with Crippen LogP contribution in [-0.2, 0) is 9.47 Å². The molecule has 5 nitrogen and oxygen atoms in total. The molecule has 0 aliphatic carbocycles. The molecule has 0 bridgehead atoms. The van der Waals surface area contributed by atoms with Crippen LogP contribution in [0.5, 0.6) is 0 Å². The van der Waals surface area contributed by atoms with E-state index in [4.69, 9.17) is 9.47 Å². The van der Waals surface area contributed by atoms with E-state index in [1.165, 1.54) is 0 Å². The molecule has 116 valence electrons. The van der Waals surface area contributed by atoms with E-state index in [9.17, 15) is 4.79 Å². The molecule has 0 saturated carbocycles. The van der Waals surface area contributed by atoms with Crippen LogP contribution in [0.25, 0.3) is 0 Å². The van der Waals surface area contributed by atoms with Crippen molar-refractivity contribution in [2.24, 2.45) is 0 Å². The third-order valence-corrected chi connectivity index (χ3v) is 3.79. The molecule has 2 aliphatic rings. The van der Waals surface area contributed by atoms with Crippen LogP contribution >= 0.6 is 0 Å². The molecule has 1 N–H and O–H groups in total. The van der Waals surface area contributed by atoms with Gasteiger partial charge in [0.15, 0.2) is 0 Å². The van der Waals surface area contributed by atoms with Crippen LogP contribution in [0.3, 0.4) is 0 Å². The maximum atomic E-state index is 12.2. The molecule has 0 aromatic carbocycles. The SMILES string of the molecule is CC(CC1CCCN1C(=O)OC(C)(C)C)NC1COC1. The quantitative estimate of drug-likeness (QED) is 0.859. The van der Waals surface area contributed by atoms with E-state index >= 15 is 0 Å². The summed E-state index contributed by atoms with van der Waals surface area (Å²) >= 11 is 0. The van der Waals surface area contributed by atoms with Crippen molar-refractivity contribution in [2.45, 2.75) is 70.7 Å². The van der Waals surface area contributed by atoms with Gasteiger partial charge in [-0.05, 0) is 47.0 Å². The van der Waals surface area contributed by atoms with Crippen molar-refractivity contribution in [2.75, 3.05) is 19.8 Å². The van der Waals surface area contributed by atoms with Crippen LogP contribution in [0.15, 0.2) is 0 Å². The van der Waals surface area contributed by atoms with E-state index in [2.05, 4.69) is 12.2 Å². The largest absolute Gasteiger partial charge is 0.444 e. The zero-order valence-electron chi connectivity index (χ0n) is 13.1. The van der Waals surface area contributed by atoms with Gasteiger partial charge in [0.2, 0.25) is 0 Å². The smallest absolute Gasteiger partial charge is 0.410 e. The van der Waals surface area contributed by atoms with Gasteiger partial charge < -0.3 is 19.7 Å². The molecule has 2 unspecified atom stereocenters. The second kappa shape index (κ2) is 6.31. The Morgan fingerprint density at radius 2 is 2.15 bits per heavy atom. The molecule has 0 spiro atoms. The predicted octanol–water partition coefficient (Wildman–Crippen LogP) is 2.15. The number of likely N-dealkylation sites (tertiary alicyclic amines) is 1. The highest BCUT2D eigenvalue weighted by Crippen LogP contribution is 2.24. The van der Waals surface area contributed by atoms with E-state index in [0.717, 1.165) is 39.0 Å². The molecule has 0 radical (unpaired) electrons. The maximum absolute atomic E-state index is 12.2. The second-order valence-electron chi connectivity index (χ2n) is 7.01. The fraction of sp³-hybridized carbons (Fsp3) is 0.933. The number of nitrogens with one attached hydrogen (secondary N) is 1. The second-order valence-corrected chi connectivity index (χ2v) is 7.01. The number of amides is 1. The highest BCUT2D eigenvalue weighted by Gasteiger charge is 2.33. The Balaban J connectivity index is 1.81. The number of hydrogen-bond donors (Lipinski definition) is 1. The monoisotopic (exact) mass is 284 g/mol. The summed E-state index contributed by atoms with van der Waals surface area (Å²) in [5.74, 6) is 0. The van der Waals surface area contributed by atoms with E-state index in [-0.39, 0.29) is 6.09 Å². The Labute approximate surface area is 122 Å². The molecule has 2 fully saturated rings. The highest BCUT2D eigenvalue weighted by atomic mass is 16.6. The summed E-state index contributed by atoms with van der Waals surface area (Å²) in [6.45, 7) is 10.4. The fourth-order valence-corrected chi connectivity index (χ4v) is 2.85. The molecule has 2 atom stereocenters. The Morgan fingerprint density at radius 3 is 2.70 bits per heavy atom. The third kappa shape index (κ3) is 4.35. The van der Waals surface area contributed by atoms with Gasteiger partial charge >= 0.3 is 6.09 Å². The molecule has 20 heavy (non-hydrogen) atoms. The Kier molecular flexibility index (Phi) is 4.91. The first kappa shape index (κ1) is 15.6. The number of hydrogen-bond acceptors (Lipinski definition) is 4. The summed E-state index contributed by atoms with van der Waals surface area (Å²) in [4.78, 5) is 14.1. The maximum Gasteiger partial charge on any atom is 0.410 e. The number of carbonyl (C=O) groups is 1. The van der Waals surface area contributed by atoms with Crippen LogP contribution in [0.1, 0.15) is 47.0 Å². The Hall–Kier alpha value is -0.810. The van der Waals surface area contributed by atoms with Crippen molar-refractivity contribution in [1.29, 1.82) is 0 Å². The van der Waals surface area contributed by atoms with Crippen molar-refractivity contribution < 1.29 is 14.3 Å². The first-order valence-corrected chi connectivity index (χ1v) is 7.68. The van der Waals surface area contributed by atoms with E-state index in [1.807, 2.05) is 25.7 Å². The van der Waals surface area contributed by atoms with Crippen LogP contribution in [0, 0.1) is 0 Å². The fourth-order valence-electron chi connectivity index (χ4n) is 2.85. The van der Waals surface area contributed by atoms with Gasteiger partial charge in [-0.3, -0.25) is 0 Å². The van der Waals surface area contributed by atoms with Gasteiger partial charge in [-0.1, -0.05) is 0 Å². The average Bonchev–Trinajstić information content (AvgIpc) is 2.69. The average molecular weight is 284 g/mol. The number of carbonyl (C=O) groups excluding carboxylic acids is 1. The highest BCUT2D eigenvalue weighted by molar-refractivity contribution is 5.68. The van der Waals surface area contributed by atoms with Gasteiger partial charge in [-0.2, -0.15) is 0 Å². The standard InChI is InChI=1S/C15H28N2O3/c1-11(16-12-9-19-10-12)8-13-6-5-7-17(13)14(18)20-15(2,3)4/h11-13,16H,5-10H2,1-4H3. The topological polar surface area (TPSA) is 50.8 Å². The van der Waals surface area contributed by atoms with Gasteiger partial charge in [-0.15, -0.1) is 0 Å². The molecular formula is C15H28N2O3. The predicted molar refractivity (Wildman–Crippen MR) is 77.8 cm³/mol. The minimum Gasteiger partial charge on any atom is -0.444 e. The van der Waals surface area contributed by atoms with Gasteiger partial charge in [-0.25, -0.2) is 4.79 Å². The van der Waals surface area contributed by atoms with Gasteiger partial charge in [0.25, 0.3) is 0 Å². The first-order chi connectivity index (χ1) is 9.35. The Bertz CT molecular complexity index is 337. The van der Waals surface area contributed by atoms with Crippen LogP contribution < -0.4 is 5.32 Å². The molecule has 2 aliphatic heterocycles. The lowest BCUT2D eigenvalue weighted by atomic mass is 10.0. The molecule has 2 heterocycles. The first-order valence-electron chi connectivity index (χ1n) is 7.68. The van der Waals surface area contributed by atoms with E-state index in [1.54, 1.807) is 0 Å². The molecule has 0 aromatic rings. The van der Waals surface area contributed by atoms with Crippen molar-refractivity contribution in [3.8, 4) is 0 Å². The van der Waals surface area contributed by atoms with Crippen LogP contribution in [0.2, 0.25) is 0 Å². The molecule has 5 heteroatoms. The summed E-state index contributed by atoms with van der Waals surface area (Å²) in [5, 5.41) is 3.55. The van der Waals surface area contributed by atoms with E-state index in [0.29, 0.717) is 18.1 Å². The van der Waals surface area contributed by atoms with Gasteiger partial charge in [0, 0.05) is 18.6 Å². The number of nitrogens with zero attached hydrogens (tertiary/aromatic N) is 1. The molecule has 2 rings (SSSR count). The van der Waals surface area contributed by atoms with Crippen molar-refractivity contribution in [3.05, 3.63) is 0 Å². The summed E-state index contributed by atoms with van der Waals surface area (Å²) in [6, 6.07) is 1.19. The summed E-state index contributed by atoms with van der Waals surface area (Å²) < 4.78 is 10.7. The molecule has 1 amide bonds. The molecular weight excluding hydrogens is 256 g/mol. The van der Waals surface area contributed by atoms with Crippen LogP contribution in [0.4, 0.5) is 4.79 Å². The summed E-state index contributed by atoms with van der Waals surface area (Å²) in [7, 11) is 0. The summed E-state index contributed by atoms with van der Waals surface area (Å²) in [6.07, 6.45) is 2.96. The number of ether oxygens (including phenoxy) is 2. The Morgan fingerprint density at radius 1 is 1.45 bits per heavy atom. The van der Waals surface area contributed by atoms with Crippen LogP contribution in [-0.4, -0.2) is 54.5 Å². The molecule has 2 saturated heterocycles. The summed E-state index contributed by atoms with van der Waals surface area (Å²) in [5.41, 5.74) is -0.419. The normalized spacial score (nSPS) is 25.4. The van der Waals surface area contributed by atoms with Crippen molar-refractivity contribution in [1.82, 2.24) is 10.2 Å². The third-order valence-electron chi connectivity index (χ3n) is 3.79. The zero-order valence-corrected chi connectivity index (χ0v) is 13.1. The lowest BCUT2D eigenvalue weighted by Gasteiger charge is -2.33. The van der Waals surface area contributed by atoms with Gasteiger partial charge in [0.1, 0.15) is 5.60 Å². The molecule has 0 aromatic heterocycles. The minimum atomic E-state index is -0.419. The lowest BCUT2D eigenvalue weighted by Crippen LogP contribution is -2.51.